The monoisotopic (exact) mass is 287 g/mol. The van der Waals surface area contributed by atoms with Crippen molar-refractivity contribution in [2.24, 2.45) is 0 Å². The van der Waals surface area contributed by atoms with Crippen molar-refractivity contribution in [3.05, 3.63) is 48.4 Å². The second-order valence-corrected chi connectivity index (χ2v) is 4.72. The summed E-state index contributed by atoms with van der Waals surface area (Å²) in [5, 5.41) is 5.85. The van der Waals surface area contributed by atoms with Gasteiger partial charge in [0, 0.05) is 12.1 Å². The van der Waals surface area contributed by atoms with Crippen molar-refractivity contribution in [1.82, 2.24) is 4.98 Å². The van der Waals surface area contributed by atoms with Gasteiger partial charge < -0.3 is 10.6 Å². The number of hydrogen-bond acceptors (Lipinski definition) is 3. The Morgan fingerprint density at radius 3 is 2.48 bits per heavy atom. The number of anilines is 3. The second kappa shape index (κ2) is 7.38. The predicted octanol–water partition coefficient (Wildman–Crippen LogP) is 4.09. The van der Waals surface area contributed by atoms with Gasteiger partial charge in [0.2, 0.25) is 5.91 Å². The van der Waals surface area contributed by atoms with Gasteiger partial charge in [-0.2, -0.15) is 0 Å². The van der Waals surface area contributed by atoms with Crippen molar-refractivity contribution in [1.29, 1.82) is 0 Å². The van der Waals surface area contributed by atoms with Crippen LogP contribution in [-0.2, 0) is 4.79 Å². The molecular formula is C16H18FN3O. The summed E-state index contributed by atoms with van der Waals surface area (Å²) in [4.78, 5) is 15.8. The van der Waals surface area contributed by atoms with Gasteiger partial charge in [-0.1, -0.05) is 13.3 Å². The number of benzene rings is 1. The Kier molecular flexibility index (Phi) is 5.26. The summed E-state index contributed by atoms with van der Waals surface area (Å²) in [6.07, 6.45) is 3.98. The first-order valence-corrected chi connectivity index (χ1v) is 6.96. The highest BCUT2D eigenvalue weighted by Gasteiger charge is 2.02. The first-order valence-electron chi connectivity index (χ1n) is 6.96. The molecule has 2 aromatic rings. The smallest absolute Gasteiger partial charge is 0.224 e. The minimum atomic E-state index is -0.279. The van der Waals surface area contributed by atoms with E-state index < -0.39 is 0 Å². The van der Waals surface area contributed by atoms with Crippen molar-refractivity contribution < 1.29 is 9.18 Å². The maximum Gasteiger partial charge on any atom is 0.224 e. The molecule has 1 aromatic carbocycles. The van der Waals surface area contributed by atoms with Crippen molar-refractivity contribution >= 4 is 23.1 Å². The van der Waals surface area contributed by atoms with E-state index in [2.05, 4.69) is 15.6 Å². The quantitative estimate of drug-likeness (QED) is 0.841. The Labute approximate surface area is 123 Å². The van der Waals surface area contributed by atoms with Crippen LogP contribution in [0.4, 0.5) is 21.6 Å². The Morgan fingerprint density at radius 1 is 1.14 bits per heavy atom. The fourth-order valence-electron chi connectivity index (χ4n) is 1.78. The number of carbonyl (C=O) groups is 1. The van der Waals surface area contributed by atoms with Gasteiger partial charge in [0.15, 0.2) is 0 Å². The van der Waals surface area contributed by atoms with E-state index in [4.69, 9.17) is 0 Å². The molecule has 0 aliphatic heterocycles. The number of unbranched alkanes of at least 4 members (excludes halogenated alkanes) is 1. The molecular weight excluding hydrogens is 269 g/mol. The van der Waals surface area contributed by atoms with Crippen LogP contribution in [0.3, 0.4) is 0 Å². The maximum absolute atomic E-state index is 12.8. The molecule has 4 nitrogen and oxygen atoms in total. The number of nitrogens with one attached hydrogen (secondary N) is 2. The van der Waals surface area contributed by atoms with Gasteiger partial charge in [0.1, 0.15) is 11.6 Å². The third-order valence-corrected chi connectivity index (χ3v) is 2.92. The van der Waals surface area contributed by atoms with Gasteiger partial charge in [-0.25, -0.2) is 9.37 Å². The summed E-state index contributed by atoms with van der Waals surface area (Å²) in [6.45, 7) is 2.05. The zero-order chi connectivity index (χ0) is 15.1. The molecule has 1 amide bonds. The summed E-state index contributed by atoms with van der Waals surface area (Å²) in [7, 11) is 0. The topological polar surface area (TPSA) is 54.0 Å². The molecule has 0 bridgehead atoms. The first-order chi connectivity index (χ1) is 10.2. The van der Waals surface area contributed by atoms with Gasteiger partial charge in [-0.05, 0) is 42.8 Å². The molecule has 0 fully saturated rings. The number of halogens is 1. The molecule has 1 aromatic heterocycles. The average molecular weight is 287 g/mol. The highest BCUT2D eigenvalue weighted by Crippen LogP contribution is 2.16. The number of hydrogen-bond donors (Lipinski definition) is 2. The minimum absolute atomic E-state index is 0.00195. The van der Waals surface area contributed by atoms with Crippen molar-refractivity contribution in [3.8, 4) is 0 Å². The summed E-state index contributed by atoms with van der Waals surface area (Å²) in [5.74, 6) is 0.352. The van der Waals surface area contributed by atoms with E-state index in [1.165, 1.54) is 12.1 Å². The van der Waals surface area contributed by atoms with Crippen LogP contribution in [0.25, 0.3) is 0 Å². The number of carbonyl (C=O) groups excluding carboxylic acids is 1. The Hall–Kier alpha value is -2.43. The van der Waals surface area contributed by atoms with Crippen LogP contribution in [0.5, 0.6) is 0 Å². The fraction of sp³-hybridized carbons (Fsp3) is 0.250. The second-order valence-electron chi connectivity index (χ2n) is 4.72. The lowest BCUT2D eigenvalue weighted by atomic mass is 10.2. The zero-order valence-corrected chi connectivity index (χ0v) is 11.9. The molecule has 0 aliphatic carbocycles. The van der Waals surface area contributed by atoms with E-state index in [0.29, 0.717) is 17.9 Å². The van der Waals surface area contributed by atoms with Crippen molar-refractivity contribution in [2.45, 2.75) is 26.2 Å². The lowest BCUT2D eigenvalue weighted by Crippen LogP contribution is -2.11. The molecule has 110 valence electrons. The average Bonchev–Trinajstić information content (AvgIpc) is 2.49. The SMILES string of the molecule is CCCCC(=O)Nc1ccc(Nc2ccc(F)cc2)nc1. The highest BCUT2D eigenvalue weighted by molar-refractivity contribution is 5.90. The van der Waals surface area contributed by atoms with Gasteiger partial charge >= 0.3 is 0 Å². The van der Waals surface area contributed by atoms with Crippen LogP contribution < -0.4 is 10.6 Å². The molecule has 0 unspecified atom stereocenters. The molecule has 0 saturated carbocycles. The zero-order valence-electron chi connectivity index (χ0n) is 11.9. The molecule has 1 heterocycles. The molecule has 2 rings (SSSR count). The number of rotatable bonds is 6. The minimum Gasteiger partial charge on any atom is -0.340 e. The number of nitrogens with zero attached hydrogens (tertiary/aromatic N) is 1. The number of pyridine rings is 1. The van der Waals surface area contributed by atoms with Gasteiger partial charge in [0.25, 0.3) is 0 Å². The third-order valence-electron chi connectivity index (χ3n) is 2.92. The molecule has 0 atom stereocenters. The van der Waals surface area contributed by atoms with E-state index in [0.717, 1.165) is 18.5 Å². The Balaban J connectivity index is 1.92. The standard InChI is InChI=1S/C16H18FN3O/c1-2-3-4-16(21)20-14-9-10-15(18-11-14)19-13-7-5-12(17)6-8-13/h5-11H,2-4H2,1H3,(H,18,19)(H,20,21). The van der Waals surface area contributed by atoms with E-state index in [-0.39, 0.29) is 11.7 Å². The van der Waals surface area contributed by atoms with Crippen LogP contribution in [0.15, 0.2) is 42.6 Å². The van der Waals surface area contributed by atoms with Crippen molar-refractivity contribution in [2.75, 3.05) is 10.6 Å². The van der Waals surface area contributed by atoms with E-state index in [9.17, 15) is 9.18 Å². The van der Waals surface area contributed by atoms with E-state index in [1.807, 2.05) is 6.92 Å². The predicted molar refractivity (Wildman–Crippen MR) is 82.1 cm³/mol. The van der Waals surface area contributed by atoms with Crippen LogP contribution in [0, 0.1) is 5.82 Å². The normalized spacial score (nSPS) is 10.2. The summed E-state index contributed by atoms with van der Waals surface area (Å²) >= 11 is 0. The lowest BCUT2D eigenvalue weighted by Gasteiger charge is -2.07. The third kappa shape index (κ3) is 4.87. The van der Waals surface area contributed by atoms with Crippen molar-refractivity contribution in [3.63, 3.8) is 0 Å². The summed E-state index contributed by atoms with van der Waals surface area (Å²) in [5.41, 5.74) is 1.42. The van der Waals surface area contributed by atoms with Crippen LogP contribution in [0.1, 0.15) is 26.2 Å². The van der Waals surface area contributed by atoms with Gasteiger partial charge in [-0.3, -0.25) is 4.79 Å². The first kappa shape index (κ1) is 15.0. The lowest BCUT2D eigenvalue weighted by molar-refractivity contribution is -0.116. The molecule has 0 spiro atoms. The van der Waals surface area contributed by atoms with E-state index in [1.54, 1.807) is 30.5 Å². The maximum atomic E-state index is 12.8. The fourth-order valence-corrected chi connectivity index (χ4v) is 1.78. The summed E-state index contributed by atoms with van der Waals surface area (Å²) in [6, 6.07) is 9.58. The molecule has 2 N–H and O–H groups in total. The van der Waals surface area contributed by atoms with Gasteiger partial charge in [0.05, 0.1) is 11.9 Å². The summed E-state index contributed by atoms with van der Waals surface area (Å²) < 4.78 is 12.8. The molecule has 5 heteroatoms. The Bertz CT molecular complexity index is 581. The highest BCUT2D eigenvalue weighted by atomic mass is 19.1. The molecule has 0 radical (unpaired) electrons. The number of aromatic nitrogens is 1. The molecule has 0 saturated heterocycles. The van der Waals surface area contributed by atoms with E-state index >= 15 is 0 Å². The van der Waals surface area contributed by atoms with Crippen LogP contribution >= 0.6 is 0 Å². The van der Waals surface area contributed by atoms with Crippen LogP contribution in [-0.4, -0.2) is 10.9 Å². The Morgan fingerprint density at radius 2 is 1.86 bits per heavy atom. The molecule has 0 aliphatic rings. The van der Waals surface area contributed by atoms with Crippen LogP contribution in [0.2, 0.25) is 0 Å². The number of amides is 1. The van der Waals surface area contributed by atoms with Gasteiger partial charge in [-0.15, -0.1) is 0 Å². The molecule has 21 heavy (non-hydrogen) atoms. The largest absolute Gasteiger partial charge is 0.340 e.